The molecule has 0 aromatic heterocycles. The van der Waals surface area contributed by atoms with Gasteiger partial charge in [-0.05, 0) is 80.0 Å². The van der Waals surface area contributed by atoms with Gasteiger partial charge in [-0.3, -0.25) is 4.79 Å². The number of ketones is 1. The third kappa shape index (κ3) is 1.85. The Bertz CT molecular complexity index is 486. The third-order valence-electron chi connectivity index (χ3n) is 8.71. The Kier molecular flexibility index (Phi) is 3.32. The van der Waals surface area contributed by atoms with Crippen LogP contribution < -0.4 is 0 Å². The molecule has 0 aromatic rings. The first-order valence-electron chi connectivity index (χ1n) is 9.57. The highest BCUT2D eigenvalue weighted by Gasteiger charge is 2.61. The Labute approximate surface area is 135 Å². The predicted molar refractivity (Wildman–Crippen MR) is 87.3 cm³/mol. The molecule has 4 saturated carbocycles. The van der Waals surface area contributed by atoms with Crippen LogP contribution in [0.3, 0.4) is 0 Å². The van der Waals surface area contributed by atoms with Crippen molar-refractivity contribution in [3.8, 4) is 0 Å². The average molecular weight is 304 g/mol. The molecule has 0 amide bonds. The minimum Gasteiger partial charge on any atom is -0.393 e. The molecule has 4 fully saturated rings. The molecular formula is C20H32O2. The Morgan fingerprint density at radius 1 is 1.05 bits per heavy atom. The number of Topliss-reactive ketones (excluding diaryl/α,β-unsaturated/α-hetero) is 1. The van der Waals surface area contributed by atoms with Gasteiger partial charge < -0.3 is 5.11 Å². The number of hydrogen-bond donors (Lipinski definition) is 1. The largest absolute Gasteiger partial charge is 0.393 e. The maximum absolute atomic E-state index is 12.5. The van der Waals surface area contributed by atoms with Crippen LogP contribution >= 0.6 is 0 Å². The van der Waals surface area contributed by atoms with Crippen LogP contribution in [-0.4, -0.2) is 17.0 Å². The minimum atomic E-state index is -0.0660. The van der Waals surface area contributed by atoms with Crippen LogP contribution in [0.2, 0.25) is 0 Å². The summed E-state index contributed by atoms with van der Waals surface area (Å²) in [6.45, 7) is 7.23. The molecule has 2 nitrogen and oxygen atoms in total. The van der Waals surface area contributed by atoms with Crippen molar-refractivity contribution < 1.29 is 9.90 Å². The van der Waals surface area contributed by atoms with Crippen LogP contribution in [0.25, 0.3) is 0 Å². The van der Waals surface area contributed by atoms with Gasteiger partial charge in [-0.1, -0.05) is 20.8 Å². The standard InChI is InChI=1S/C20H32O2/c1-12-10-13-11-14(21)6-8-19(13,2)16-7-9-20(3)15(18(12)16)4-5-17(20)22/h12-16,18,21H,4-11H2,1-3H3/t12?,13?,14?,15-,16+,18-,19-,20-/m0/s1. The fourth-order valence-corrected chi connectivity index (χ4v) is 7.39. The van der Waals surface area contributed by atoms with Gasteiger partial charge >= 0.3 is 0 Å². The molecule has 8 atom stereocenters. The molecule has 0 spiro atoms. The van der Waals surface area contributed by atoms with Crippen LogP contribution in [-0.2, 0) is 4.79 Å². The summed E-state index contributed by atoms with van der Waals surface area (Å²) >= 11 is 0. The molecule has 0 radical (unpaired) electrons. The van der Waals surface area contributed by atoms with Crippen LogP contribution in [0.5, 0.6) is 0 Å². The van der Waals surface area contributed by atoms with Gasteiger partial charge in [-0.25, -0.2) is 0 Å². The van der Waals surface area contributed by atoms with Crippen molar-refractivity contribution >= 4 is 5.78 Å². The van der Waals surface area contributed by atoms with Gasteiger partial charge in [-0.2, -0.15) is 0 Å². The molecular weight excluding hydrogens is 272 g/mol. The fraction of sp³-hybridized carbons (Fsp3) is 0.950. The van der Waals surface area contributed by atoms with Crippen LogP contribution in [0, 0.1) is 40.4 Å². The summed E-state index contributed by atoms with van der Waals surface area (Å²) in [4.78, 5) is 12.5. The van der Waals surface area contributed by atoms with Crippen molar-refractivity contribution in [3.63, 3.8) is 0 Å². The van der Waals surface area contributed by atoms with Gasteiger partial charge in [0, 0.05) is 11.8 Å². The van der Waals surface area contributed by atoms with Crippen molar-refractivity contribution in [2.45, 2.75) is 78.2 Å². The summed E-state index contributed by atoms with van der Waals surface area (Å²) in [5.41, 5.74) is 0.413. The molecule has 0 aliphatic heterocycles. The summed E-state index contributed by atoms with van der Waals surface area (Å²) in [5.74, 6) is 4.16. The van der Waals surface area contributed by atoms with E-state index in [1.807, 2.05) is 0 Å². The maximum atomic E-state index is 12.5. The monoisotopic (exact) mass is 304 g/mol. The number of fused-ring (bicyclic) bond motifs is 5. The molecule has 0 saturated heterocycles. The molecule has 2 heteroatoms. The number of carbonyl (C=O) groups is 1. The summed E-state index contributed by atoms with van der Waals surface area (Å²) < 4.78 is 0. The SMILES string of the molecule is CC1CC2CC(O)CC[C@]2(C)[C@@H]2CC[C@]3(C)C(=O)CC[C@H]3[C@H]12. The highest BCUT2D eigenvalue weighted by Crippen LogP contribution is 2.66. The first-order valence-corrected chi connectivity index (χ1v) is 9.57. The fourth-order valence-electron chi connectivity index (χ4n) is 7.39. The van der Waals surface area contributed by atoms with Crippen LogP contribution in [0.4, 0.5) is 0 Å². The lowest BCUT2D eigenvalue weighted by Gasteiger charge is -2.62. The lowest BCUT2D eigenvalue weighted by Crippen LogP contribution is -2.56. The van der Waals surface area contributed by atoms with E-state index in [0.717, 1.165) is 49.9 Å². The zero-order chi connectivity index (χ0) is 15.7. The Hall–Kier alpha value is -0.370. The second-order valence-corrected chi connectivity index (χ2v) is 9.55. The number of hydrogen-bond acceptors (Lipinski definition) is 2. The lowest BCUT2D eigenvalue weighted by molar-refractivity contribution is -0.153. The third-order valence-corrected chi connectivity index (χ3v) is 8.71. The molecule has 22 heavy (non-hydrogen) atoms. The van der Waals surface area contributed by atoms with E-state index in [-0.39, 0.29) is 11.5 Å². The molecule has 124 valence electrons. The van der Waals surface area contributed by atoms with E-state index in [0.29, 0.717) is 23.0 Å². The second-order valence-electron chi connectivity index (χ2n) is 9.55. The second kappa shape index (κ2) is 4.82. The Balaban J connectivity index is 1.69. The van der Waals surface area contributed by atoms with Gasteiger partial charge in [-0.15, -0.1) is 0 Å². The van der Waals surface area contributed by atoms with E-state index in [1.165, 1.54) is 19.3 Å². The molecule has 4 aliphatic carbocycles. The highest BCUT2D eigenvalue weighted by atomic mass is 16.3. The van der Waals surface area contributed by atoms with E-state index >= 15 is 0 Å². The van der Waals surface area contributed by atoms with Gasteiger partial charge in [0.05, 0.1) is 6.10 Å². The molecule has 0 bridgehead atoms. The molecule has 4 rings (SSSR count). The topological polar surface area (TPSA) is 37.3 Å². The molecule has 0 aromatic carbocycles. The molecule has 0 heterocycles. The Morgan fingerprint density at radius 2 is 1.82 bits per heavy atom. The quantitative estimate of drug-likeness (QED) is 0.728. The first kappa shape index (κ1) is 15.2. The Morgan fingerprint density at radius 3 is 2.59 bits per heavy atom. The predicted octanol–water partition coefficient (Wildman–Crippen LogP) is 4.21. The molecule has 4 aliphatic rings. The van der Waals surface area contributed by atoms with Gasteiger partial charge in [0.15, 0.2) is 0 Å². The summed E-state index contributed by atoms with van der Waals surface area (Å²) in [7, 11) is 0. The number of aliphatic hydroxyl groups excluding tert-OH is 1. The van der Waals surface area contributed by atoms with E-state index in [4.69, 9.17) is 0 Å². The smallest absolute Gasteiger partial charge is 0.139 e. The lowest BCUT2D eigenvalue weighted by atomic mass is 9.43. The zero-order valence-corrected chi connectivity index (χ0v) is 14.5. The molecule has 1 N–H and O–H groups in total. The highest BCUT2D eigenvalue weighted by molar-refractivity contribution is 5.87. The van der Waals surface area contributed by atoms with Gasteiger partial charge in [0.1, 0.15) is 5.78 Å². The van der Waals surface area contributed by atoms with Crippen LogP contribution in [0.15, 0.2) is 0 Å². The average Bonchev–Trinajstić information content (AvgIpc) is 2.77. The zero-order valence-electron chi connectivity index (χ0n) is 14.5. The minimum absolute atomic E-state index is 0.00714. The number of rotatable bonds is 0. The van der Waals surface area contributed by atoms with Crippen molar-refractivity contribution in [3.05, 3.63) is 0 Å². The summed E-state index contributed by atoms with van der Waals surface area (Å²) in [6.07, 6.45) is 8.76. The van der Waals surface area contributed by atoms with E-state index in [9.17, 15) is 9.90 Å². The van der Waals surface area contributed by atoms with Gasteiger partial charge in [0.25, 0.3) is 0 Å². The summed E-state index contributed by atoms with van der Waals surface area (Å²) in [6, 6.07) is 0. The van der Waals surface area contributed by atoms with E-state index in [1.54, 1.807) is 0 Å². The van der Waals surface area contributed by atoms with Crippen molar-refractivity contribution in [2.24, 2.45) is 40.4 Å². The van der Waals surface area contributed by atoms with E-state index in [2.05, 4.69) is 20.8 Å². The summed E-state index contributed by atoms with van der Waals surface area (Å²) in [5, 5.41) is 10.1. The van der Waals surface area contributed by atoms with E-state index < -0.39 is 0 Å². The first-order chi connectivity index (χ1) is 10.4. The van der Waals surface area contributed by atoms with Crippen molar-refractivity contribution in [1.82, 2.24) is 0 Å². The molecule has 3 unspecified atom stereocenters. The number of carbonyl (C=O) groups excluding carboxylic acids is 1. The van der Waals surface area contributed by atoms with Crippen LogP contribution in [0.1, 0.15) is 72.1 Å². The normalized spacial score (nSPS) is 57.9. The van der Waals surface area contributed by atoms with Gasteiger partial charge in [0.2, 0.25) is 0 Å². The van der Waals surface area contributed by atoms with Crippen molar-refractivity contribution in [1.29, 1.82) is 0 Å². The number of aliphatic hydroxyl groups is 1. The maximum Gasteiger partial charge on any atom is 0.139 e. The van der Waals surface area contributed by atoms with Crippen molar-refractivity contribution in [2.75, 3.05) is 0 Å².